The highest BCUT2D eigenvalue weighted by molar-refractivity contribution is 7.99. The molecule has 0 spiro atoms. The molecule has 72 valence electrons. The largest absolute Gasteiger partial charge is 0.299 e. The molecular weight excluding hydrogens is 194 g/mol. The fourth-order valence-corrected chi connectivity index (χ4v) is 1.85. The maximum absolute atomic E-state index is 10.7. The molecule has 14 heavy (non-hydrogen) atoms. The predicted octanol–water partition coefficient (Wildman–Crippen LogP) is 2.38. The molecule has 0 aliphatic heterocycles. The highest BCUT2D eigenvalue weighted by atomic mass is 32.2. The van der Waals surface area contributed by atoms with Crippen LogP contribution >= 0.6 is 11.8 Å². The number of carbonyl (C=O) groups excluding carboxylic acids is 1. The summed E-state index contributed by atoms with van der Waals surface area (Å²) in [7, 11) is 0. The SMILES string of the molecule is CC(=O)CSCc1cccc(C#N)c1. The number of hydrogen-bond acceptors (Lipinski definition) is 3. The average Bonchev–Trinajstić information content (AvgIpc) is 2.18. The molecule has 0 heterocycles. The number of hydrogen-bond donors (Lipinski definition) is 0. The molecule has 0 unspecified atom stereocenters. The van der Waals surface area contributed by atoms with Gasteiger partial charge in [0.2, 0.25) is 0 Å². The van der Waals surface area contributed by atoms with Gasteiger partial charge in [0, 0.05) is 5.75 Å². The van der Waals surface area contributed by atoms with Crippen LogP contribution in [0.2, 0.25) is 0 Å². The zero-order valence-electron chi connectivity index (χ0n) is 7.99. The number of nitriles is 1. The highest BCUT2D eigenvalue weighted by Crippen LogP contribution is 2.13. The van der Waals surface area contributed by atoms with E-state index in [0.717, 1.165) is 11.3 Å². The van der Waals surface area contributed by atoms with Crippen molar-refractivity contribution in [2.75, 3.05) is 5.75 Å². The van der Waals surface area contributed by atoms with Gasteiger partial charge in [-0.3, -0.25) is 4.79 Å². The van der Waals surface area contributed by atoms with Gasteiger partial charge in [-0.2, -0.15) is 5.26 Å². The third kappa shape index (κ3) is 3.63. The molecular formula is C11H11NOS. The summed E-state index contributed by atoms with van der Waals surface area (Å²) in [5, 5.41) is 8.66. The summed E-state index contributed by atoms with van der Waals surface area (Å²) in [5.74, 6) is 1.51. The fourth-order valence-electron chi connectivity index (χ4n) is 1.04. The van der Waals surface area contributed by atoms with Crippen LogP contribution in [0.1, 0.15) is 18.1 Å². The highest BCUT2D eigenvalue weighted by Gasteiger charge is 1.97. The van der Waals surface area contributed by atoms with E-state index in [4.69, 9.17) is 5.26 Å². The Morgan fingerprint density at radius 3 is 3.00 bits per heavy atom. The zero-order chi connectivity index (χ0) is 10.4. The van der Waals surface area contributed by atoms with Gasteiger partial charge in [0.25, 0.3) is 0 Å². The van der Waals surface area contributed by atoms with Gasteiger partial charge in [-0.1, -0.05) is 12.1 Å². The third-order valence-electron chi connectivity index (χ3n) is 1.63. The Hall–Kier alpha value is -1.27. The second kappa shape index (κ2) is 5.46. The lowest BCUT2D eigenvalue weighted by atomic mass is 10.2. The van der Waals surface area contributed by atoms with E-state index in [1.54, 1.807) is 24.8 Å². The summed E-state index contributed by atoms with van der Waals surface area (Å²) < 4.78 is 0. The molecule has 3 heteroatoms. The van der Waals surface area contributed by atoms with E-state index in [0.29, 0.717) is 11.3 Å². The van der Waals surface area contributed by atoms with Gasteiger partial charge in [0.15, 0.2) is 0 Å². The van der Waals surface area contributed by atoms with Crippen LogP contribution in [0.4, 0.5) is 0 Å². The van der Waals surface area contributed by atoms with Crippen LogP contribution in [-0.4, -0.2) is 11.5 Å². The molecule has 2 nitrogen and oxygen atoms in total. The van der Waals surface area contributed by atoms with Crippen molar-refractivity contribution in [2.45, 2.75) is 12.7 Å². The minimum Gasteiger partial charge on any atom is -0.299 e. The smallest absolute Gasteiger partial charge is 0.139 e. The first kappa shape index (κ1) is 10.8. The lowest BCUT2D eigenvalue weighted by Crippen LogP contribution is -1.94. The summed E-state index contributed by atoms with van der Waals surface area (Å²) in [6.45, 7) is 1.58. The lowest BCUT2D eigenvalue weighted by Gasteiger charge is -1.99. The van der Waals surface area contributed by atoms with Gasteiger partial charge < -0.3 is 0 Å². The topological polar surface area (TPSA) is 40.9 Å². The Balaban J connectivity index is 2.51. The van der Waals surface area contributed by atoms with Crippen molar-refractivity contribution in [1.82, 2.24) is 0 Å². The molecule has 0 saturated heterocycles. The van der Waals surface area contributed by atoms with E-state index in [9.17, 15) is 4.79 Å². The number of nitrogens with zero attached hydrogens (tertiary/aromatic N) is 1. The molecule has 1 aromatic rings. The Morgan fingerprint density at radius 2 is 2.36 bits per heavy atom. The number of Topliss-reactive ketones (excluding diaryl/α,β-unsaturated/α-hetero) is 1. The fraction of sp³-hybridized carbons (Fsp3) is 0.273. The second-order valence-corrected chi connectivity index (χ2v) is 3.99. The van der Waals surface area contributed by atoms with Crippen molar-refractivity contribution in [3.8, 4) is 6.07 Å². The molecule has 0 radical (unpaired) electrons. The average molecular weight is 205 g/mol. The normalized spacial score (nSPS) is 9.43. The molecule has 0 amide bonds. The Bertz CT molecular complexity index is 368. The second-order valence-electron chi connectivity index (χ2n) is 3.01. The predicted molar refractivity (Wildman–Crippen MR) is 58.0 cm³/mol. The quantitative estimate of drug-likeness (QED) is 0.757. The first-order valence-corrected chi connectivity index (χ1v) is 5.44. The Labute approximate surface area is 87.9 Å². The van der Waals surface area contributed by atoms with E-state index in [1.807, 2.05) is 18.2 Å². The van der Waals surface area contributed by atoms with Gasteiger partial charge >= 0.3 is 0 Å². The van der Waals surface area contributed by atoms with E-state index in [2.05, 4.69) is 6.07 Å². The summed E-state index contributed by atoms with van der Waals surface area (Å²) >= 11 is 1.57. The lowest BCUT2D eigenvalue weighted by molar-refractivity contribution is -0.114. The number of carbonyl (C=O) groups is 1. The number of thioether (sulfide) groups is 1. The summed E-state index contributed by atoms with van der Waals surface area (Å²) in [5.41, 5.74) is 1.77. The monoisotopic (exact) mass is 205 g/mol. The van der Waals surface area contributed by atoms with Gasteiger partial charge in [0.05, 0.1) is 17.4 Å². The van der Waals surface area contributed by atoms with Crippen molar-refractivity contribution in [2.24, 2.45) is 0 Å². The van der Waals surface area contributed by atoms with E-state index < -0.39 is 0 Å². The Morgan fingerprint density at radius 1 is 1.57 bits per heavy atom. The van der Waals surface area contributed by atoms with Crippen LogP contribution in [0, 0.1) is 11.3 Å². The first-order valence-electron chi connectivity index (χ1n) is 4.28. The van der Waals surface area contributed by atoms with Crippen LogP contribution in [0.15, 0.2) is 24.3 Å². The Kier molecular flexibility index (Phi) is 4.21. The van der Waals surface area contributed by atoms with Crippen LogP contribution in [-0.2, 0) is 10.5 Å². The van der Waals surface area contributed by atoms with Gasteiger partial charge in [0.1, 0.15) is 5.78 Å². The van der Waals surface area contributed by atoms with Crippen LogP contribution in [0.3, 0.4) is 0 Å². The minimum absolute atomic E-state index is 0.187. The molecule has 0 fully saturated rings. The maximum Gasteiger partial charge on any atom is 0.139 e. The molecule has 0 saturated carbocycles. The van der Waals surface area contributed by atoms with Crippen molar-refractivity contribution in [1.29, 1.82) is 5.26 Å². The summed E-state index contributed by atoms with van der Waals surface area (Å²) in [6, 6.07) is 9.55. The molecule has 0 aromatic heterocycles. The number of ketones is 1. The van der Waals surface area contributed by atoms with Crippen molar-refractivity contribution in [3.05, 3.63) is 35.4 Å². The van der Waals surface area contributed by atoms with Crippen LogP contribution < -0.4 is 0 Å². The van der Waals surface area contributed by atoms with Gasteiger partial charge in [-0.05, 0) is 24.6 Å². The minimum atomic E-state index is 0.187. The van der Waals surface area contributed by atoms with E-state index in [-0.39, 0.29) is 5.78 Å². The van der Waals surface area contributed by atoms with Crippen molar-refractivity contribution in [3.63, 3.8) is 0 Å². The van der Waals surface area contributed by atoms with E-state index in [1.165, 1.54) is 0 Å². The van der Waals surface area contributed by atoms with E-state index >= 15 is 0 Å². The molecule has 0 aliphatic rings. The van der Waals surface area contributed by atoms with Crippen molar-refractivity contribution >= 4 is 17.5 Å². The van der Waals surface area contributed by atoms with Gasteiger partial charge in [-0.25, -0.2) is 0 Å². The molecule has 0 atom stereocenters. The van der Waals surface area contributed by atoms with Crippen LogP contribution in [0.5, 0.6) is 0 Å². The van der Waals surface area contributed by atoms with Crippen LogP contribution in [0.25, 0.3) is 0 Å². The number of rotatable bonds is 4. The molecule has 1 aromatic carbocycles. The van der Waals surface area contributed by atoms with Gasteiger partial charge in [-0.15, -0.1) is 11.8 Å². The molecule has 1 rings (SSSR count). The molecule has 0 bridgehead atoms. The van der Waals surface area contributed by atoms with Crippen molar-refractivity contribution < 1.29 is 4.79 Å². The zero-order valence-corrected chi connectivity index (χ0v) is 8.80. The first-order chi connectivity index (χ1) is 6.72. The summed E-state index contributed by atoms with van der Waals surface area (Å²) in [4.78, 5) is 10.7. The molecule has 0 aliphatic carbocycles. The number of benzene rings is 1. The molecule has 0 N–H and O–H groups in total. The maximum atomic E-state index is 10.7. The summed E-state index contributed by atoms with van der Waals surface area (Å²) in [6.07, 6.45) is 0. The standard InChI is InChI=1S/C11H11NOS/c1-9(13)7-14-8-11-4-2-3-10(5-11)6-12/h2-5H,7-8H2,1H3. The third-order valence-corrected chi connectivity index (χ3v) is 2.78.